The fourth-order valence-electron chi connectivity index (χ4n) is 3.65. The lowest BCUT2D eigenvalue weighted by molar-refractivity contribution is 0.0695. The van der Waals surface area contributed by atoms with Gasteiger partial charge < -0.3 is 24.4 Å². The third-order valence-electron chi connectivity index (χ3n) is 5.10. The summed E-state index contributed by atoms with van der Waals surface area (Å²) in [7, 11) is -4.75. The summed E-state index contributed by atoms with van der Waals surface area (Å²) in [5, 5.41) is 12.5. The molecule has 32 heavy (non-hydrogen) atoms. The van der Waals surface area contributed by atoms with Crippen molar-refractivity contribution in [2.75, 3.05) is 31.1 Å². The van der Waals surface area contributed by atoms with Crippen molar-refractivity contribution in [1.29, 1.82) is 0 Å². The van der Waals surface area contributed by atoms with E-state index in [0.717, 1.165) is 12.3 Å². The van der Waals surface area contributed by atoms with Crippen LogP contribution in [0.25, 0.3) is 16.6 Å². The standard InChI is InChI=1S/C20H19FN3O7P/c21-16-9-14-17(10-18(16)23-7-5-22-6-8-23)24(11-15(19(14)25)20(26)27)12-1-3-13(4-2-12)31-32(28,29)30/h1-4,9-11,22H,5-8H2,(H,26,27)(H2,28,29,30). The number of aromatic nitrogens is 1. The van der Waals surface area contributed by atoms with E-state index in [1.807, 2.05) is 4.90 Å². The van der Waals surface area contributed by atoms with Gasteiger partial charge in [-0.1, -0.05) is 0 Å². The van der Waals surface area contributed by atoms with Crippen molar-refractivity contribution in [2.24, 2.45) is 0 Å². The third-order valence-corrected chi connectivity index (χ3v) is 5.55. The molecule has 4 N–H and O–H groups in total. The average Bonchev–Trinajstić information content (AvgIpc) is 2.74. The van der Waals surface area contributed by atoms with E-state index in [4.69, 9.17) is 9.79 Å². The van der Waals surface area contributed by atoms with Crippen LogP contribution in [0.1, 0.15) is 10.4 Å². The van der Waals surface area contributed by atoms with Gasteiger partial charge in [-0.2, -0.15) is 0 Å². The van der Waals surface area contributed by atoms with Gasteiger partial charge in [0, 0.05) is 43.4 Å². The normalized spacial score (nSPS) is 14.5. The smallest absolute Gasteiger partial charge is 0.477 e. The van der Waals surface area contributed by atoms with Gasteiger partial charge in [-0.15, -0.1) is 0 Å². The van der Waals surface area contributed by atoms with E-state index >= 15 is 0 Å². The maximum atomic E-state index is 14.9. The summed E-state index contributed by atoms with van der Waals surface area (Å²) < 4.78 is 31.9. The maximum absolute atomic E-state index is 14.9. The number of piperazine rings is 1. The fourth-order valence-corrected chi connectivity index (χ4v) is 4.05. The monoisotopic (exact) mass is 463 g/mol. The Morgan fingerprint density at radius 3 is 2.38 bits per heavy atom. The summed E-state index contributed by atoms with van der Waals surface area (Å²) in [5.41, 5.74) is -0.387. The van der Waals surface area contributed by atoms with Crippen molar-refractivity contribution in [3.63, 3.8) is 0 Å². The summed E-state index contributed by atoms with van der Waals surface area (Å²) in [5.74, 6) is -2.19. The van der Waals surface area contributed by atoms with Crippen molar-refractivity contribution in [3.05, 3.63) is 64.2 Å². The van der Waals surface area contributed by atoms with Crippen molar-refractivity contribution >= 4 is 30.4 Å². The number of nitrogens with zero attached hydrogens (tertiary/aromatic N) is 2. The van der Waals surface area contributed by atoms with E-state index in [1.54, 1.807) is 0 Å². The lowest BCUT2D eigenvalue weighted by Gasteiger charge is -2.30. The van der Waals surface area contributed by atoms with E-state index in [0.29, 0.717) is 37.4 Å². The van der Waals surface area contributed by atoms with Crippen molar-refractivity contribution in [1.82, 2.24) is 9.88 Å². The lowest BCUT2D eigenvalue weighted by Crippen LogP contribution is -2.43. The molecule has 0 radical (unpaired) electrons. The second-order valence-corrected chi connectivity index (χ2v) is 8.34. The molecule has 1 saturated heterocycles. The van der Waals surface area contributed by atoms with Crippen LogP contribution < -0.4 is 20.2 Å². The first kappa shape index (κ1) is 22.0. The SMILES string of the molecule is O=C(O)c1cn(-c2ccc(OP(=O)(O)O)cc2)c2cc(N3CCNCC3)c(F)cc2c1=O. The number of hydrogen-bond acceptors (Lipinski definition) is 6. The van der Waals surface area contributed by atoms with Gasteiger partial charge in [-0.3, -0.25) is 14.6 Å². The number of carboxylic acids is 1. The number of phosphoric acid groups is 1. The van der Waals surface area contributed by atoms with Crippen LogP contribution >= 0.6 is 7.82 Å². The van der Waals surface area contributed by atoms with E-state index in [9.17, 15) is 23.7 Å². The van der Waals surface area contributed by atoms with Crippen LogP contribution in [0.4, 0.5) is 10.1 Å². The van der Waals surface area contributed by atoms with Gasteiger partial charge in [-0.05, 0) is 36.4 Å². The van der Waals surface area contributed by atoms with Crippen molar-refractivity contribution < 1.29 is 33.2 Å². The highest BCUT2D eigenvalue weighted by Crippen LogP contribution is 2.37. The first-order valence-corrected chi connectivity index (χ1v) is 11.1. The molecule has 12 heteroatoms. The zero-order valence-electron chi connectivity index (χ0n) is 16.6. The largest absolute Gasteiger partial charge is 0.524 e. The molecule has 1 fully saturated rings. The highest BCUT2D eigenvalue weighted by Gasteiger charge is 2.21. The van der Waals surface area contributed by atoms with Crippen LogP contribution in [0, 0.1) is 5.82 Å². The first-order chi connectivity index (χ1) is 15.1. The van der Waals surface area contributed by atoms with Crippen LogP contribution in [0.15, 0.2) is 47.4 Å². The number of carbonyl (C=O) groups is 1. The van der Waals surface area contributed by atoms with Gasteiger partial charge in [0.1, 0.15) is 17.1 Å². The van der Waals surface area contributed by atoms with Crippen LogP contribution in [0.2, 0.25) is 0 Å². The molecule has 1 aromatic heterocycles. The number of phosphoric ester groups is 1. The maximum Gasteiger partial charge on any atom is 0.524 e. The quantitative estimate of drug-likeness (QED) is 0.416. The zero-order chi connectivity index (χ0) is 23.0. The number of nitrogens with one attached hydrogen (secondary N) is 1. The summed E-state index contributed by atoms with van der Waals surface area (Å²) >= 11 is 0. The minimum Gasteiger partial charge on any atom is -0.477 e. The molecule has 4 rings (SSSR count). The topological polar surface area (TPSA) is 141 Å². The Balaban J connectivity index is 1.91. The molecule has 1 aliphatic heterocycles. The minimum absolute atomic E-state index is 0.0987. The molecule has 0 aliphatic carbocycles. The van der Waals surface area contributed by atoms with Crippen molar-refractivity contribution in [3.8, 4) is 11.4 Å². The highest BCUT2D eigenvalue weighted by atomic mass is 31.2. The third kappa shape index (κ3) is 4.37. The van der Waals surface area contributed by atoms with Crippen LogP contribution in [0.5, 0.6) is 5.75 Å². The Morgan fingerprint density at radius 1 is 1.12 bits per heavy atom. The Bertz CT molecular complexity index is 1300. The number of rotatable bonds is 5. The Morgan fingerprint density at radius 2 is 1.78 bits per heavy atom. The summed E-state index contributed by atoms with van der Waals surface area (Å²) in [6, 6.07) is 8.01. The van der Waals surface area contributed by atoms with Gasteiger partial charge in [-0.25, -0.2) is 13.8 Å². The number of halogens is 1. The van der Waals surface area contributed by atoms with Crippen molar-refractivity contribution in [2.45, 2.75) is 0 Å². The molecular weight excluding hydrogens is 444 g/mol. The molecule has 10 nitrogen and oxygen atoms in total. The Kier molecular flexibility index (Phi) is 5.74. The Labute approximate surface area is 180 Å². The molecule has 0 unspecified atom stereocenters. The van der Waals surface area contributed by atoms with E-state index in [2.05, 4.69) is 9.84 Å². The molecule has 0 amide bonds. The van der Waals surface area contributed by atoms with Gasteiger partial charge in [0.2, 0.25) is 5.43 Å². The molecular formula is C20H19FN3O7P. The highest BCUT2D eigenvalue weighted by molar-refractivity contribution is 7.46. The number of carboxylic acid groups (broad SMARTS) is 1. The molecule has 2 heterocycles. The van der Waals surface area contributed by atoms with E-state index < -0.39 is 30.6 Å². The molecule has 1 aliphatic rings. The number of aromatic carboxylic acids is 1. The first-order valence-electron chi connectivity index (χ1n) is 9.57. The van der Waals surface area contributed by atoms with E-state index in [-0.39, 0.29) is 16.8 Å². The molecule has 0 atom stereocenters. The number of benzene rings is 2. The lowest BCUT2D eigenvalue weighted by atomic mass is 10.1. The number of anilines is 1. The van der Waals surface area contributed by atoms with Gasteiger partial charge >= 0.3 is 13.8 Å². The number of hydrogen-bond donors (Lipinski definition) is 4. The fraction of sp³-hybridized carbons (Fsp3) is 0.200. The minimum atomic E-state index is -4.75. The zero-order valence-corrected chi connectivity index (χ0v) is 17.5. The van der Waals surface area contributed by atoms with Crippen LogP contribution in [-0.2, 0) is 4.57 Å². The van der Waals surface area contributed by atoms with E-state index in [1.165, 1.54) is 34.9 Å². The second-order valence-electron chi connectivity index (χ2n) is 7.18. The molecule has 0 bridgehead atoms. The molecule has 0 saturated carbocycles. The Hall–Kier alpha value is -3.24. The number of fused-ring (bicyclic) bond motifs is 1. The molecule has 168 valence electrons. The molecule has 3 aromatic rings. The summed E-state index contributed by atoms with van der Waals surface area (Å²) in [6.07, 6.45) is 1.14. The van der Waals surface area contributed by atoms with Crippen LogP contribution in [-0.4, -0.2) is 51.6 Å². The average molecular weight is 463 g/mol. The predicted octanol–water partition coefficient (Wildman–Crippen LogP) is 1.71. The van der Waals surface area contributed by atoms with Gasteiger partial charge in [0.25, 0.3) is 0 Å². The summed E-state index contributed by atoms with van der Waals surface area (Å²) in [4.78, 5) is 44.1. The number of pyridine rings is 1. The van der Waals surface area contributed by atoms with Crippen LogP contribution in [0.3, 0.4) is 0 Å². The second kappa shape index (κ2) is 8.36. The summed E-state index contributed by atoms with van der Waals surface area (Å²) in [6.45, 7) is 2.47. The van der Waals surface area contributed by atoms with Gasteiger partial charge in [0.05, 0.1) is 11.2 Å². The molecule has 0 spiro atoms. The van der Waals surface area contributed by atoms with Gasteiger partial charge in [0.15, 0.2) is 0 Å². The predicted molar refractivity (Wildman–Crippen MR) is 114 cm³/mol. The molecule has 2 aromatic carbocycles.